The van der Waals surface area contributed by atoms with Gasteiger partial charge in [-0.2, -0.15) is 0 Å². The van der Waals surface area contributed by atoms with Gasteiger partial charge in [0.1, 0.15) is 0 Å². The van der Waals surface area contributed by atoms with E-state index in [0.29, 0.717) is 0 Å². The van der Waals surface area contributed by atoms with Crippen LogP contribution in [0.25, 0.3) is 136 Å². The molecule has 0 amide bonds. The Hall–Kier alpha value is -17.4. The Morgan fingerprint density at radius 2 is 0.310 bits per heavy atom. The van der Waals surface area contributed by atoms with Crippen molar-refractivity contribution < 1.29 is 0 Å². The topological polar surface area (TPSA) is 13.0 Å². The number of nitrogens with zero attached hydrogens (tertiary/aromatic N) is 4. The summed E-state index contributed by atoms with van der Waals surface area (Å²) in [6.07, 6.45) is 7.66. The highest BCUT2D eigenvalue weighted by Gasteiger charge is 2.54. The summed E-state index contributed by atoms with van der Waals surface area (Å²) < 4.78 is 0. The van der Waals surface area contributed by atoms with Crippen LogP contribution in [0.5, 0.6) is 0 Å². The number of hydrogen-bond acceptors (Lipinski definition) is 4. The van der Waals surface area contributed by atoms with Crippen molar-refractivity contribution >= 4 is 92.6 Å². The third-order valence-corrected chi connectivity index (χ3v) is 33.0. The van der Waals surface area contributed by atoms with Gasteiger partial charge in [0.05, 0.1) is 5.41 Å². The van der Waals surface area contributed by atoms with Crippen LogP contribution in [-0.4, -0.2) is 0 Å². The van der Waals surface area contributed by atoms with Crippen molar-refractivity contribution in [1.29, 1.82) is 0 Å². The molecule has 0 aromatic heterocycles. The first-order valence-corrected chi connectivity index (χ1v) is 50.8. The van der Waals surface area contributed by atoms with E-state index in [4.69, 9.17) is 0 Å². The van der Waals surface area contributed by atoms with Gasteiger partial charge in [0, 0.05) is 89.9 Å². The second-order valence-electron chi connectivity index (χ2n) is 42.1. The SMILES string of the molecule is C=Cc1ccc(-c2ccc(N(c3ccc4c(c3)-c3ccc(N(c5ccc(-c6ccc(C=C)cc6)cc5)c5ccc6c(c5)C(C)(C)c5ccccc5-6)cc3C43c4cc(N(c5ccc(-c6ccc(C=C)cc6)cc5)c5ccc6c(c5)C(C)(C)c5ccccc5-6)ccc4-c4ccc(N(c5ccc(-c6ccc(C=C)cc6)cc5)c5ccc6c(c5)C(C)(C)c5ccccc5-6)cc43)c3ccc4c(c3)C(C)(C)c3ccccc3-4)cc2)cc1. The van der Waals surface area contributed by atoms with Crippen molar-refractivity contribution in [3.63, 3.8) is 0 Å². The minimum absolute atomic E-state index is 0.285. The Kier molecular flexibility index (Phi) is 20.2. The molecule has 4 nitrogen and oxygen atoms in total. The lowest BCUT2D eigenvalue weighted by atomic mass is 9.70. The van der Waals surface area contributed by atoms with Crippen LogP contribution in [0.2, 0.25) is 0 Å². The summed E-state index contributed by atoms with van der Waals surface area (Å²) in [5.74, 6) is 0. The maximum Gasteiger partial charge on any atom is 0.0727 e. The van der Waals surface area contributed by atoms with E-state index in [0.717, 1.165) is 157 Å². The Labute approximate surface area is 851 Å². The van der Waals surface area contributed by atoms with Gasteiger partial charge in [-0.25, -0.2) is 0 Å². The van der Waals surface area contributed by atoms with Crippen molar-refractivity contribution in [2.45, 2.75) is 82.5 Å². The second kappa shape index (κ2) is 33.4. The van der Waals surface area contributed by atoms with Crippen LogP contribution in [0.3, 0.4) is 0 Å². The summed E-state index contributed by atoms with van der Waals surface area (Å²) in [7, 11) is 0. The molecule has 20 aromatic carbocycles. The van der Waals surface area contributed by atoms with Gasteiger partial charge in [-0.3, -0.25) is 0 Å². The van der Waals surface area contributed by atoms with Gasteiger partial charge in [0.25, 0.3) is 0 Å². The summed E-state index contributed by atoms with van der Waals surface area (Å²) >= 11 is 0. The van der Waals surface area contributed by atoms with E-state index in [1.54, 1.807) is 0 Å². The molecule has 0 fully saturated rings. The normalized spacial score (nSPS) is 14.2. The highest BCUT2D eigenvalue weighted by molar-refractivity contribution is 6.02. The van der Waals surface area contributed by atoms with Gasteiger partial charge in [-0.1, -0.05) is 397 Å². The number of benzene rings is 20. The molecular weight excluding hydrogens is 1750 g/mol. The van der Waals surface area contributed by atoms with E-state index in [1.165, 1.54) is 111 Å². The average molecular weight is 1860 g/mol. The van der Waals surface area contributed by atoms with Crippen molar-refractivity contribution in [3.8, 4) is 111 Å². The molecule has 4 heteroatoms. The lowest BCUT2D eigenvalue weighted by molar-refractivity contribution is 0.660. The van der Waals surface area contributed by atoms with Crippen molar-refractivity contribution in [2.24, 2.45) is 0 Å². The quantitative estimate of drug-likeness (QED) is 0.0754. The van der Waals surface area contributed by atoms with Crippen molar-refractivity contribution in [1.82, 2.24) is 0 Å². The second-order valence-corrected chi connectivity index (χ2v) is 42.1. The molecule has 0 bridgehead atoms. The predicted octanol–water partition coefficient (Wildman–Crippen LogP) is 38.4. The lowest BCUT2D eigenvalue weighted by Crippen LogP contribution is -2.27. The minimum atomic E-state index is -1.06. The van der Waals surface area contributed by atoms with E-state index in [9.17, 15) is 0 Å². The fourth-order valence-electron chi connectivity index (χ4n) is 25.3. The standard InChI is InChI=1S/C141H108N4/c1-13-89-33-41-93(42-34-89)97-49-57-101(58-50-97)142(106-65-73-117-113-25-17-21-29-125(113)137(5,6)130(117)82-106)105-72-80-129-124(81-105)123-79-71-112(145(104-63-55-100(56-64-104)96-47-39-92(16-4)40-48-96)109-68-76-120-116-28-20-24-32-128(116)140(11,12)133(120)85-109)88-136(123)141(129)134-86-110(143(102-59-51-98(52-60-102)94-43-35-90(14-2)36-44-94)107-66-74-118-114-26-18-22-30-126(114)138(7,8)131(118)83-107)69-77-121(134)122-78-70-111(87-135(122)141)144(103-61-53-99(54-62-103)95-45-37-91(15-3)38-46-95)108-67-75-119-115-27-19-23-31-127(115)139(9,10)132(119)84-108/h13-88H,1-4H2,5-12H3. The van der Waals surface area contributed by atoms with Crippen LogP contribution in [0, 0.1) is 0 Å². The number of hydrogen-bond donors (Lipinski definition) is 0. The molecule has 20 aromatic rings. The van der Waals surface area contributed by atoms with Crippen LogP contribution in [-0.2, 0) is 27.1 Å². The largest absolute Gasteiger partial charge is 0.310 e. The minimum Gasteiger partial charge on any atom is -0.310 e. The Bertz CT molecular complexity index is 8510. The van der Waals surface area contributed by atoms with E-state index < -0.39 is 5.41 Å². The van der Waals surface area contributed by atoms with Gasteiger partial charge in [-0.05, 0) is 346 Å². The zero-order valence-electron chi connectivity index (χ0n) is 83.0. The van der Waals surface area contributed by atoms with Crippen LogP contribution < -0.4 is 19.6 Å². The van der Waals surface area contributed by atoms with Crippen LogP contribution in [0.1, 0.15) is 144 Å². The average Bonchev–Trinajstić information content (AvgIpc) is 1.50. The molecule has 0 radical (unpaired) electrons. The van der Waals surface area contributed by atoms with Gasteiger partial charge in [0.2, 0.25) is 0 Å². The molecule has 26 rings (SSSR count). The Morgan fingerprint density at radius 1 is 0.145 bits per heavy atom. The highest BCUT2D eigenvalue weighted by Crippen LogP contribution is 2.67. The molecule has 0 saturated carbocycles. The number of fused-ring (bicyclic) bond motifs is 22. The first kappa shape index (κ1) is 87.8. The predicted molar refractivity (Wildman–Crippen MR) is 614 cm³/mol. The van der Waals surface area contributed by atoms with E-state index in [-0.39, 0.29) is 21.7 Å². The summed E-state index contributed by atoms with van der Waals surface area (Å²) in [6.45, 7) is 35.7. The molecule has 145 heavy (non-hydrogen) atoms. The first-order valence-electron chi connectivity index (χ1n) is 50.8. The zero-order valence-corrected chi connectivity index (χ0v) is 83.0. The smallest absolute Gasteiger partial charge is 0.0727 e. The van der Waals surface area contributed by atoms with Gasteiger partial charge >= 0.3 is 0 Å². The molecule has 6 aliphatic carbocycles. The molecule has 0 atom stereocenters. The molecule has 1 spiro atoms. The molecule has 0 unspecified atom stereocenters. The third kappa shape index (κ3) is 13.7. The fraction of sp³-hybridized carbons (Fsp3) is 0.0922. The van der Waals surface area contributed by atoms with Gasteiger partial charge in [0.15, 0.2) is 0 Å². The van der Waals surface area contributed by atoms with Gasteiger partial charge in [-0.15, -0.1) is 0 Å². The van der Waals surface area contributed by atoms with E-state index in [1.807, 2.05) is 24.3 Å². The first-order chi connectivity index (χ1) is 70.7. The molecule has 692 valence electrons. The van der Waals surface area contributed by atoms with E-state index in [2.05, 4.69) is 538 Å². The van der Waals surface area contributed by atoms with Crippen LogP contribution in [0.15, 0.2) is 463 Å². The summed E-state index contributed by atoms with van der Waals surface area (Å²) in [5.41, 5.74) is 53.7. The maximum absolute atomic E-state index is 4.13. The Morgan fingerprint density at radius 3 is 0.531 bits per heavy atom. The molecule has 0 aliphatic heterocycles. The van der Waals surface area contributed by atoms with Crippen LogP contribution in [0.4, 0.5) is 68.2 Å². The summed E-state index contributed by atoms with van der Waals surface area (Å²) in [6, 6.07) is 167. The zero-order chi connectivity index (χ0) is 98.3. The summed E-state index contributed by atoms with van der Waals surface area (Å²) in [4.78, 5) is 10.1. The monoisotopic (exact) mass is 1860 g/mol. The van der Waals surface area contributed by atoms with Crippen molar-refractivity contribution in [2.75, 3.05) is 19.6 Å². The molecule has 6 aliphatic rings. The lowest BCUT2D eigenvalue weighted by Gasteiger charge is -2.35. The maximum atomic E-state index is 4.13. The number of anilines is 12. The third-order valence-electron chi connectivity index (χ3n) is 33.0. The highest BCUT2D eigenvalue weighted by atomic mass is 15.2. The molecular formula is C141H108N4. The van der Waals surface area contributed by atoms with Crippen LogP contribution >= 0.6 is 0 Å². The Balaban J connectivity index is 0.754. The van der Waals surface area contributed by atoms with E-state index >= 15 is 0 Å². The van der Waals surface area contributed by atoms with Crippen molar-refractivity contribution in [3.05, 3.63) is 552 Å². The molecule has 0 N–H and O–H groups in total. The fourth-order valence-corrected chi connectivity index (χ4v) is 25.3. The molecule has 0 heterocycles. The van der Waals surface area contributed by atoms with Gasteiger partial charge < -0.3 is 19.6 Å². The number of rotatable bonds is 20. The molecule has 0 saturated heterocycles. The summed E-state index contributed by atoms with van der Waals surface area (Å²) in [5, 5.41) is 0.